The number of hydrogen-bond donors (Lipinski definition) is 0. The van der Waals surface area contributed by atoms with Gasteiger partial charge in [-0.15, -0.1) is 0 Å². The molecule has 10 heavy (non-hydrogen) atoms. The van der Waals surface area contributed by atoms with Gasteiger partial charge in [0.05, 0.1) is 0 Å². The molecule has 0 aliphatic heterocycles. The Morgan fingerprint density at radius 1 is 0.800 bits per heavy atom. The summed E-state index contributed by atoms with van der Waals surface area (Å²) < 4.78 is 0. The summed E-state index contributed by atoms with van der Waals surface area (Å²) in [6.07, 6.45) is 5.95. The van der Waals surface area contributed by atoms with Gasteiger partial charge in [-0.25, -0.2) is 0 Å². The molecule has 0 aliphatic carbocycles. The summed E-state index contributed by atoms with van der Waals surface area (Å²) in [5, 5.41) is 3.39. The molecule has 0 saturated carbocycles. The van der Waals surface area contributed by atoms with Gasteiger partial charge in [-0.2, -0.15) is 0 Å². The summed E-state index contributed by atoms with van der Waals surface area (Å²) in [6, 6.07) is 0. The molecule has 0 saturated heterocycles. The van der Waals surface area contributed by atoms with E-state index in [4.69, 9.17) is 0 Å². The minimum atomic E-state index is 0.106. The van der Waals surface area contributed by atoms with Crippen LogP contribution in [0.2, 0.25) is 16.1 Å². The van der Waals surface area contributed by atoms with Crippen molar-refractivity contribution in [1.29, 1.82) is 0 Å². The molecular weight excluding hydrogens is 167 g/mol. The Kier molecular flexibility index (Phi) is 6.65. The van der Waals surface area contributed by atoms with E-state index in [1.54, 1.807) is 0 Å². The Hall–Kier alpha value is -0.274. The molecular formula is C9H15Co. The van der Waals surface area contributed by atoms with Crippen LogP contribution in [0, 0.1) is 0 Å². The standard InChI is InChI=1S/3C3H5.Co/c3*1-3-2;/h3*3H,1-2H2;. The van der Waals surface area contributed by atoms with Crippen molar-refractivity contribution in [3.05, 3.63) is 38.0 Å². The SMILES string of the molecule is C=C[CH2][Co]([CH2]C=C)[CH2]C=C. The molecule has 0 aliphatic rings. The van der Waals surface area contributed by atoms with Crippen molar-refractivity contribution in [2.75, 3.05) is 0 Å². The third-order valence-electron chi connectivity index (χ3n) is 0.866. The van der Waals surface area contributed by atoms with Gasteiger partial charge in [-0.05, 0) is 0 Å². The topological polar surface area (TPSA) is 0 Å². The van der Waals surface area contributed by atoms with Crippen LogP contribution in [0.15, 0.2) is 38.0 Å². The van der Waals surface area contributed by atoms with Crippen molar-refractivity contribution in [2.24, 2.45) is 0 Å². The summed E-state index contributed by atoms with van der Waals surface area (Å²) in [4.78, 5) is 0. The van der Waals surface area contributed by atoms with Crippen LogP contribution < -0.4 is 0 Å². The molecule has 0 amide bonds. The van der Waals surface area contributed by atoms with Gasteiger partial charge in [0.1, 0.15) is 0 Å². The summed E-state index contributed by atoms with van der Waals surface area (Å²) in [6.45, 7) is 11.1. The summed E-state index contributed by atoms with van der Waals surface area (Å²) in [5.41, 5.74) is 0. The summed E-state index contributed by atoms with van der Waals surface area (Å²) in [5.74, 6) is 0. The minimum absolute atomic E-state index is 0.106. The molecule has 0 atom stereocenters. The van der Waals surface area contributed by atoms with Crippen LogP contribution in [0.1, 0.15) is 0 Å². The fourth-order valence-electron chi connectivity index (χ4n) is 0.575. The van der Waals surface area contributed by atoms with E-state index in [0.717, 1.165) is 16.1 Å². The molecule has 0 aromatic rings. The van der Waals surface area contributed by atoms with Crippen LogP contribution in [0.25, 0.3) is 0 Å². The van der Waals surface area contributed by atoms with Crippen LogP contribution in [0.3, 0.4) is 0 Å². The van der Waals surface area contributed by atoms with Crippen LogP contribution in [-0.2, 0) is 13.7 Å². The van der Waals surface area contributed by atoms with Crippen molar-refractivity contribution in [1.82, 2.24) is 0 Å². The maximum atomic E-state index is 3.71. The van der Waals surface area contributed by atoms with Gasteiger partial charge < -0.3 is 0 Å². The zero-order chi connectivity index (χ0) is 7.82. The Morgan fingerprint density at radius 2 is 1.10 bits per heavy atom. The molecule has 0 aromatic heterocycles. The first-order chi connectivity index (χ1) is 4.85. The second kappa shape index (κ2) is 6.84. The Morgan fingerprint density at radius 3 is 1.30 bits per heavy atom. The van der Waals surface area contributed by atoms with E-state index >= 15 is 0 Å². The average Bonchev–Trinajstić information content (AvgIpc) is 1.90. The molecule has 0 N–H and O–H groups in total. The third-order valence-corrected chi connectivity index (χ3v) is 3.57. The Balaban J connectivity index is 3.58. The molecule has 0 radical (unpaired) electrons. The molecule has 0 nitrogen and oxygen atoms in total. The predicted octanol–water partition coefficient (Wildman–Crippen LogP) is 3.42. The molecule has 0 spiro atoms. The normalized spacial score (nSPS) is 10.2. The molecule has 0 unspecified atom stereocenters. The Bertz CT molecular complexity index is 92.1. The number of allylic oxidation sites excluding steroid dienone is 3. The molecule has 0 aromatic carbocycles. The van der Waals surface area contributed by atoms with E-state index in [0.29, 0.717) is 0 Å². The van der Waals surface area contributed by atoms with Gasteiger partial charge in [0, 0.05) is 0 Å². The average molecular weight is 182 g/mol. The fourth-order valence-corrected chi connectivity index (χ4v) is 2.37. The Labute approximate surface area is 68.1 Å². The third kappa shape index (κ3) is 4.59. The predicted molar refractivity (Wildman–Crippen MR) is 45.0 cm³/mol. The van der Waals surface area contributed by atoms with E-state index in [1.165, 1.54) is 0 Å². The number of rotatable bonds is 6. The van der Waals surface area contributed by atoms with E-state index in [-0.39, 0.29) is 13.7 Å². The van der Waals surface area contributed by atoms with Crippen molar-refractivity contribution in [3.63, 3.8) is 0 Å². The van der Waals surface area contributed by atoms with Crippen molar-refractivity contribution >= 4 is 0 Å². The molecule has 0 bridgehead atoms. The van der Waals surface area contributed by atoms with Gasteiger partial charge in [-0.3, -0.25) is 0 Å². The first-order valence-electron chi connectivity index (χ1n) is 3.16. The monoisotopic (exact) mass is 182 g/mol. The summed E-state index contributed by atoms with van der Waals surface area (Å²) in [7, 11) is 0. The fraction of sp³-hybridized carbons (Fsp3) is 0.333. The van der Waals surface area contributed by atoms with E-state index < -0.39 is 0 Å². The van der Waals surface area contributed by atoms with Gasteiger partial charge >= 0.3 is 67.7 Å². The van der Waals surface area contributed by atoms with Gasteiger partial charge in [0.25, 0.3) is 0 Å². The van der Waals surface area contributed by atoms with E-state index in [9.17, 15) is 0 Å². The zero-order valence-corrected chi connectivity index (χ0v) is 7.35. The summed E-state index contributed by atoms with van der Waals surface area (Å²) >= 11 is 0.106. The van der Waals surface area contributed by atoms with Gasteiger partial charge in [0.15, 0.2) is 0 Å². The second-order valence-corrected chi connectivity index (χ2v) is 4.61. The van der Waals surface area contributed by atoms with Crippen molar-refractivity contribution < 1.29 is 13.7 Å². The molecule has 0 fully saturated rings. The van der Waals surface area contributed by atoms with Crippen LogP contribution in [0.4, 0.5) is 0 Å². The molecule has 0 heterocycles. The van der Waals surface area contributed by atoms with Crippen LogP contribution >= 0.6 is 0 Å². The maximum absolute atomic E-state index is 3.71. The second-order valence-electron chi connectivity index (χ2n) is 1.77. The molecule has 0 rings (SSSR count). The quantitative estimate of drug-likeness (QED) is 0.552. The first kappa shape index (κ1) is 9.73. The van der Waals surface area contributed by atoms with E-state index in [1.807, 2.05) is 18.2 Å². The van der Waals surface area contributed by atoms with Crippen LogP contribution in [-0.4, -0.2) is 0 Å². The van der Waals surface area contributed by atoms with Gasteiger partial charge in [0.2, 0.25) is 0 Å². The zero-order valence-electron chi connectivity index (χ0n) is 6.31. The molecule has 60 valence electrons. The van der Waals surface area contributed by atoms with Gasteiger partial charge in [-0.1, -0.05) is 0 Å². The van der Waals surface area contributed by atoms with Crippen LogP contribution in [0.5, 0.6) is 0 Å². The molecule has 1 heteroatoms. The van der Waals surface area contributed by atoms with E-state index in [2.05, 4.69) is 19.7 Å². The van der Waals surface area contributed by atoms with Crippen molar-refractivity contribution in [3.8, 4) is 0 Å². The van der Waals surface area contributed by atoms with Crippen molar-refractivity contribution in [2.45, 2.75) is 16.1 Å². The first-order valence-corrected chi connectivity index (χ1v) is 5.36. The number of hydrogen-bond acceptors (Lipinski definition) is 0.